The second-order valence-electron chi connectivity index (χ2n) is 6.62. The van der Waals surface area contributed by atoms with E-state index in [-0.39, 0.29) is 24.4 Å². The number of amides is 2. The lowest BCUT2D eigenvalue weighted by Gasteiger charge is -2.18. The van der Waals surface area contributed by atoms with Crippen LogP contribution < -0.4 is 10.6 Å². The smallest absolute Gasteiger partial charge is 0.326 e. The Morgan fingerprint density at radius 3 is 2.48 bits per heavy atom. The van der Waals surface area contributed by atoms with Crippen molar-refractivity contribution in [2.45, 2.75) is 31.9 Å². The number of esters is 1. The zero-order chi connectivity index (χ0) is 19.2. The van der Waals surface area contributed by atoms with Crippen LogP contribution in [0.4, 0.5) is 0 Å². The molecular weight excluding hydrogens is 344 g/mol. The van der Waals surface area contributed by atoms with E-state index in [0.29, 0.717) is 11.1 Å². The third-order valence-corrected chi connectivity index (χ3v) is 4.19. The first-order valence-corrected chi connectivity index (χ1v) is 8.92. The molecule has 0 saturated heterocycles. The summed E-state index contributed by atoms with van der Waals surface area (Å²) in [6, 6.07) is 16.1. The zero-order valence-electron chi connectivity index (χ0n) is 15.1. The number of carbonyl (C=O) groups excluding carboxylic acids is 3. The summed E-state index contributed by atoms with van der Waals surface area (Å²) < 4.78 is 5.37. The molecule has 2 amide bonds. The van der Waals surface area contributed by atoms with Gasteiger partial charge in [0, 0.05) is 17.2 Å². The summed E-state index contributed by atoms with van der Waals surface area (Å²) in [7, 11) is 0. The number of carbonyl (C=O) groups is 3. The highest BCUT2D eigenvalue weighted by Gasteiger charge is 2.30. The number of hydrogen-bond donors (Lipinski definition) is 2. The Morgan fingerprint density at radius 2 is 1.81 bits per heavy atom. The molecule has 0 spiro atoms. The monoisotopic (exact) mass is 366 g/mol. The van der Waals surface area contributed by atoms with Crippen molar-refractivity contribution in [3.05, 3.63) is 71.3 Å². The van der Waals surface area contributed by atoms with Crippen molar-refractivity contribution >= 4 is 17.8 Å². The SMILES string of the molecule is Cc1cccc(C(=O)NCC(=O)OC(C(=O)NC2CC2)c2ccccc2)c1. The van der Waals surface area contributed by atoms with Crippen LogP contribution in [0.2, 0.25) is 0 Å². The largest absolute Gasteiger partial charge is 0.446 e. The molecule has 140 valence electrons. The average molecular weight is 366 g/mol. The van der Waals surface area contributed by atoms with E-state index in [9.17, 15) is 14.4 Å². The van der Waals surface area contributed by atoms with E-state index in [4.69, 9.17) is 4.74 Å². The second kappa shape index (κ2) is 8.49. The number of hydrogen-bond acceptors (Lipinski definition) is 4. The van der Waals surface area contributed by atoms with Gasteiger partial charge in [-0.05, 0) is 31.9 Å². The predicted octanol–water partition coefficient (Wildman–Crippen LogP) is 2.29. The first-order chi connectivity index (χ1) is 13.0. The Labute approximate surface area is 157 Å². The summed E-state index contributed by atoms with van der Waals surface area (Å²) in [6.45, 7) is 1.57. The summed E-state index contributed by atoms with van der Waals surface area (Å²) in [5.74, 6) is -1.38. The molecule has 0 bridgehead atoms. The molecule has 0 aromatic heterocycles. The molecule has 1 unspecified atom stereocenters. The maximum Gasteiger partial charge on any atom is 0.326 e. The molecule has 0 aliphatic heterocycles. The minimum absolute atomic E-state index is 0.156. The van der Waals surface area contributed by atoms with E-state index in [2.05, 4.69) is 10.6 Å². The van der Waals surface area contributed by atoms with Crippen LogP contribution in [0.3, 0.4) is 0 Å². The highest BCUT2D eigenvalue weighted by Crippen LogP contribution is 2.23. The highest BCUT2D eigenvalue weighted by molar-refractivity contribution is 5.96. The third-order valence-electron chi connectivity index (χ3n) is 4.19. The Balaban J connectivity index is 1.60. The van der Waals surface area contributed by atoms with Crippen LogP contribution in [0, 0.1) is 6.92 Å². The molecule has 2 aromatic rings. The van der Waals surface area contributed by atoms with Gasteiger partial charge in [-0.25, -0.2) is 0 Å². The lowest BCUT2D eigenvalue weighted by Crippen LogP contribution is -2.36. The van der Waals surface area contributed by atoms with E-state index < -0.39 is 12.1 Å². The van der Waals surface area contributed by atoms with Crippen molar-refractivity contribution in [3.63, 3.8) is 0 Å². The second-order valence-corrected chi connectivity index (χ2v) is 6.62. The van der Waals surface area contributed by atoms with Gasteiger partial charge in [-0.15, -0.1) is 0 Å². The average Bonchev–Trinajstić information content (AvgIpc) is 3.48. The molecule has 1 aliphatic rings. The van der Waals surface area contributed by atoms with Gasteiger partial charge < -0.3 is 15.4 Å². The molecule has 6 nitrogen and oxygen atoms in total. The van der Waals surface area contributed by atoms with Crippen LogP contribution in [0.1, 0.15) is 40.4 Å². The van der Waals surface area contributed by atoms with Gasteiger partial charge in [-0.2, -0.15) is 0 Å². The van der Waals surface area contributed by atoms with Crippen molar-refractivity contribution in [2.75, 3.05) is 6.54 Å². The molecule has 0 heterocycles. The van der Waals surface area contributed by atoms with Crippen molar-refractivity contribution in [2.24, 2.45) is 0 Å². The fraction of sp³-hybridized carbons (Fsp3) is 0.286. The number of rotatable bonds is 7. The van der Waals surface area contributed by atoms with Gasteiger partial charge in [-0.3, -0.25) is 14.4 Å². The molecule has 1 fully saturated rings. The topological polar surface area (TPSA) is 84.5 Å². The minimum atomic E-state index is -1.03. The van der Waals surface area contributed by atoms with Crippen LogP contribution in [0.15, 0.2) is 54.6 Å². The standard InChI is InChI=1S/C21H22N2O4/c1-14-6-5-9-16(12-14)20(25)22-13-18(24)27-19(15-7-3-2-4-8-15)21(26)23-17-10-11-17/h2-9,12,17,19H,10-11,13H2,1H3,(H,22,25)(H,23,26). The van der Waals surface area contributed by atoms with Gasteiger partial charge in [0.1, 0.15) is 6.54 Å². The number of aryl methyl sites for hydroxylation is 1. The summed E-state index contributed by atoms with van der Waals surface area (Å²) in [5, 5.41) is 5.38. The zero-order valence-corrected chi connectivity index (χ0v) is 15.1. The highest BCUT2D eigenvalue weighted by atomic mass is 16.5. The lowest BCUT2D eigenvalue weighted by atomic mass is 10.1. The maximum absolute atomic E-state index is 12.5. The first-order valence-electron chi connectivity index (χ1n) is 8.92. The van der Waals surface area contributed by atoms with Gasteiger partial charge in [0.2, 0.25) is 6.10 Å². The van der Waals surface area contributed by atoms with Gasteiger partial charge in [-0.1, -0.05) is 48.0 Å². The van der Waals surface area contributed by atoms with Crippen LogP contribution in [-0.2, 0) is 14.3 Å². The van der Waals surface area contributed by atoms with E-state index in [1.807, 2.05) is 19.1 Å². The van der Waals surface area contributed by atoms with Crippen molar-refractivity contribution in [1.29, 1.82) is 0 Å². The fourth-order valence-electron chi connectivity index (χ4n) is 2.62. The fourth-order valence-corrected chi connectivity index (χ4v) is 2.62. The Morgan fingerprint density at radius 1 is 1.07 bits per heavy atom. The van der Waals surface area contributed by atoms with Crippen molar-refractivity contribution in [3.8, 4) is 0 Å². The third kappa shape index (κ3) is 5.41. The van der Waals surface area contributed by atoms with E-state index in [0.717, 1.165) is 18.4 Å². The molecule has 1 atom stereocenters. The summed E-state index contributed by atoms with van der Waals surface area (Å²) in [5.41, 5.74) is 2.01. The number of nitrogens with one attached hydrogen (secondary N) is 2. The molecule has 27 heavy (non-hydrogen) atoms. The minimum Gasteiger partial charge on any atom is -0.446 e. The molecule has 6 heteroatoms. The quantitative estimate of drug-likeness (QED) is 0.737. The van der Waals surface area contributed by atoms with Crippen LogP contribution in [0.5, 0.6) is 0 Å². The van der Waals surface area contributed by atoms with Crippen LogP contribution in [0.25, 0.3) is 0 Å². The Kier molecular flexibility index (Phi) is 5.86. The van der Waals surface area contributed by atoms with E-state index >= 15 is 0 Å². The molecular formula is C21H22N2O4. The van der Waals surface area contributed by atoms with E-state index in [1.165, 1.54) is 0 Å². The van der Waals surface area contributed by atoms with Gasteiger partial charge in [0.25, 0.3) is 11.8 Å². The number of ether oxygens (including phenoxy) is 1. The normalized spacial score (nSPS) is 14.1. The molecule has 0 radical (unpaired) electrons. The van der Waals surface area contributed by atoms with Crippen molar-refractivity contribution in [1.82, 2.24) is 10.6 Å². The maximum atomic E-state index is 12.5. The summed E-state index contributed by atoms with van der Waals surface area (Å²) in [4.78, 5) is 36.8. The summed E-state index contributed by atoms with van der Waals surface area (Å²) in [6.07, 6.45) is 0.844. The Bertz CT molecular complexity index is 831. The first kappa shape index (κ1) is 18.6. The molecule has 3 rings (SSSR count). The predicted molar refractivity (Wildman–Crippen MR) is 100.0 cm³/mol. The van der Waals surface area contributed by atoms with Crippen molar-refractivity contribution < 1.29 is 19.1 Å². The van der Waals surface area contributed by atoms with Crippen LogP contribution in [-0.4, -0.2) is 30.4 Å². The molecule has 2 N–H and O–H groups in total. The Hall–Kier alpha value is -3.15. The summed E-state index contributed by atoms with van der Waals surface area (Å²) >= 11 is 0. The number of benzene rings is 2. The lowest BCUT2D eigenvalue weighted by molar-refractivity contribution is -0.155. The van der Waals surface area contributed by atoms with Gasteiger partial charge in [0.15, 0.2) is 0 Å². The van der Waals surface area contributed by atoms with Gasteiger partial charge in [0.05, 0.1) is 0 Å². The van der Waals surface area contributed by atoms with Crippen LogP contribution >= 0.6 is 0 Å². The van der Waals surface area contributed by atoms with E-state index in [1.54, 1.807) is 42.5 Å². The molecule has 1 aliphatic carbocycles. The molecule has 1 saturated carbocycles. The molecule has 2 aromatic carbocycles. The van der Waals surface area contributed by atoms with Gasteiger partial charge >= 0.3 is 5.97 Å².